The summed E-state index contributed by atoms with van der Waals surface area (Å²) in [7, 11) is 1.46. The van der Waals surface area contributed by atoms with Gasteiger partial charge in [0.05, 0.1) is 7.11 Å². The average Bonchev–Trinajstić information content (AvgIpc) is 2.59. The number of halogens is 1. The van der Waals surface area contributed by atoms with Gasteiger partial charge >= 0.3 is 0 Å². The molecule has 1 N–H and O–H groups in total. The fourth-order valence-corrected chi connectivity index (χ4v) is 2.74. The molecule has 5 heteroatoms. The van der Waals surface area contributed by atoms with Gasteiger partial charge in [0.2, 0.25) is 0 Å². The number of aryl methyl sites for hydroxylation is 1. The Balaban J connectivity index is 2.07. The highest BCUT2D eigenvalue weighted by Crippen LogP contribution is 2.19. The summed E-state index contributed by atoms with van der Waals surface area (Å²) in [4.78, 5) is 2.00. The third-order valence-corrected chi connectivity index (χ3v) is 4.21. The number of hydrogen-bond donors (Lipinski definition) is 1. The molecule has 0 bridgehead atoms. The van der Waals surface area contributed by atoms with E-state index in [1.807, 2.05) is 30.0 Å². The van der Waals surface area contributed by atoms with E-state index in [0.29, 0.717) is 11.7 Å². The highest BCUT2D eigenvalue weighted by atomic mass is 32.1. The lowest BCUT2D eigenvalue weighted by Gasteiger charge is -2.25. The van der Waals surface area contributed by atoms with Gasteiger partial charge in [0.25, 0.3) is 0 Å². The number of hydrogen-bond acceptors (Lipinski definition) is 2. The molecule has 0 aromatic heterocycles. The van der Waals surface area contributed by atoms with Crippen LogP contribution in [0.2, 0.25) is 0 Å². The Kier molecular flexibility index (Phi) is 6.55. The summed E-state index contributed by atoms with van der Waals surface area (Å²) in [6, 6.07) is 13.2. The number of benzene rings is 2. The van der Waals surface area contributed by atoms with Crippen molar-refractivity contribution in [3.05, 3.63) is 59.4 Å². The molecule has 3 nitrogen and oxygen atoms in total. The van der Waals surface area contributed by atoms with E-state index in [2.05, 4.69) is 24.4 Å². The van der Waals surface area contributed by atoms with Crippen LogP contribution in [-0.2, 0) is 13.0 Å². The molecule has 0 saturated carbocycles. The monoisotopic (exact) mass is 346 g/mol. The summed E-state index contributed by atoms with van der Waals surface area (Å²) < 4.78 is 18.8. The topological polar surface area (TPSA) is 24.5 Å². The van der Waals surface area contributed by atoms with E-state index in [4.69, 9.17) is 17.0 Å². The molecular weight excluding hydrogens is 323 g/mol. The van der Waals surface area contributed by atoms with E-state index in [0.717, 1.165) is 24.2 Å². The van der Waals surface area contributed by atoms with Crippen LogP contribution in [0.1, 0.15) is 25.0 Å². The maximum Gasteiger partial charge on any atom is 0.173 e. The van der Waals surface area contributed by atoms with Gasteiger partial charge in [0, 0.05) is 18.8 Å². The molecule has 0 aliphatic rings. The Bertz CT molecular complexity index is 706. The van der Waals surface area contributed by atoms with Gasteiger partial charge < -0.3 is 15.0 Å². The van der Waals surface area contributed by atoms with Crippen molar-refractivity contribution in [1.82, 2.24) is 4.90 Å². The standard InChI is InChI=1S/C19H23FN2OS/c1-4-14-7-6-8-16(11-14)21-19(24)22(5-2)13-15-9-10-18(23-3)17(20)12-15/h6-12H,4-5,13H2,1-3H3,(H,21,24). The van der Waals surface area contributed by atoms with Gasteiger partial charge in [-0.25, -0.2) is 4.39 Å². The maximum absolute atomic E-state index is 13.8. The third kappa shape index (κ3) is 4.68. The number of rotatable bonds is 6. The van der Waals surface area contributed by atoms with Crippen LogP contribution in [0.5, 0.6) is 5.75 Å². The molecular formula is C19H23FN2OS. The average molecular weight is 346 g/mol. The van der Waals surface area contributed by atoms with Gasteiger partial charge in [-0.15, -0.1) is 0 Å². The van der Waals surface area contributed by atoms with Crippen molar-refractivity contribution in [1.29, 1.82) is 0 Å². The number of ether oxygens (including phenoxy) is 1. The van der Waals surface area contributed by atoms with Crippen LogP contribution in [0.4, 0.5) is 10.1 Å². The lowest BCUT2D eigenvalue weighted by Crippen LogP contribution is -2.34. The zero-order chi connectivity index (χ0) is 17.5. The fraction of sp³-hybridized carbons (Fsp3) is 0.316. The second-order valence-electron chi connectivity index (χ2n) is 5.47. The Morgan fingerprint density at radius 2 is 1.96 bits per heavy atom. The summed E-state index contributed by atoms with van der Waals surface area (Å²) >= 11 is 5.51. The molecule has 2 rings (SSSR count). The number of methoxy groups -OCH3 is 1. The van der Waals surface area contributed by atoms with Crippen molar-refractivity contribution in [2.24, 2.45) is 0 Å². The van der Waals surface area contributed by atoms with Crippen LogP contribution in [0.3, 0.4) is 0 Å². The SMILES string of the molecule is CCc1cccc(NC(=S)N(CC)Cc2ccc(OC)c(F)c2)c1. The van der Waals surface area contributed by atoms with Gasteiger partial charge in [0.1, 0.15) is 0 Å². The smallest absolute Gasteiger partial charge is 0.173 e. The van der Waals surface area contributed by atoms with Gasteiger partial charge in [-0.3, -0.25) is 0 Å². The van der Waals surface area contributed by atoms with Gasteiger partial charge in [-0.2, -0.15) is 0 Å². The Morgan fingerprint density at radius 3 is 2.58 bits per heavy atom. The molecule has 2 aromatic carbocycles. The van der Waals surface area contributed by atoms with Crippen LogP contribution < -0.4 is 10.1 Å². The number of nitrogens with one attached hydrogen (secondary N) is 1. The minimum Gasteiger partial charge on any atom is -0.494 e. The zero-order valence-corrected chi connectivity index (χ0v) is 15.1. The molecule has 0 aliphatic carbocycles. The highest BCUT2D eigenvalue weighted by Gasteiger charge is 2.11. The minimum atomic E-state index is -0.361. The molecule has 0 saturated heterocycles. The zero-order valence-electron chi connectivity index (χ0n) is 14.3. The molecule has 0 atom stereocenters. The first-order chi connectivity index (χ1) is 11.6. The Morgan fingerprint density at radius 1 is 1.17 bits per heavy atom. The van der Waals surface area contributed by atoms with Gasteiger partial charge in [0.15, 0.2) is 16.7 Å². The molecule has 0 fully saturated rings. The lowest BCUT2D eigenvalue weighted by atomic mass is 10.1. The van der Waals surface area contributed by atoms with E-state index in [-0.39, 0.29) is 11.6 Å². The van der Waals surface area contributed by atoms with Crippen molar-refractivity contribution in [2.45, 2.75) is 26.8 Å². The lowest BCUT2D eigenvalue weighted by molar-refractivity contribution is 0.384. The van der Waals surface area contributed by atoms with E-state index in [9.17, 15) is 4.39 Å². The van der Waals surface area contributed by atoms with E-state index < -0.39 is 0 Å². The van der Waals surface area contributed by atoms with Crippen molar-refractivity contribution in [2.75, 3.05) is 19.0 Å². The first-order valence-corrected chi connectivity index (χ1v) is 8.45. The predicted molar refractivity (Wildman–Crippen MR) is 101 cm³/mol. The summed E-state index contributed by atoms with van der Waals surface area (Å²) in [5.41, 5.74) is 3.07. The minimum absolute atomic E-state index is 0.249. The van der Waals surface area contributed by atoms with E-state index in [1.54, 1.807) is 6.07 Å². The number of nitrogens with zero attached hydrogens (tertiary/aromatic N) is 1. The van der Waals surface area contributed by atoms with E-state index >= 15 is 0 Å². The Labute approximate surface area is 148 Å². The first kappa shape index (κ1) is 18.2. The summed E-state index contributed by atoms with van der Waals surface area (Å²) in [6.07, 6.45) is 0.977. The molecule has 0 aliphatic heterocycles. The quantitative estimate of drug-likeness (QED) is 0.772. The van der Waals surface area contributed by atoms with Crippen molar-refractivity contribution in [3.8, 4) is 5.75 Å². The number of anilines is 1. The van der Waals surface area contributed by atoms with Crippen LogP contribution in [-0.4, -0.2) is 23.7 Å². The number of thiocarbonyl (C=S) groups is 1. The molecule has 0 radical (unpaired) electrons. The predicted octanol–water partition coefficient (Wildman–Crippen LogP) is 4.62. The normalized spacial score (nSPS) is 10.3. The van der Waals surface area contributed by atoms with Crippen LogP contribution in [0.25, 0.3) is 0 Å². The highest BCUT2D eigenvalue weighted by molar-refractivity contribution is 7.80. The second kappa shape index (κ2) is 8.64. The third-order valence-electron chi connectivity index (χ3n) is 3.85. The van der Waals surface area contributed by atoms with Crippen molar-refractivity contribution in [3.63, 3.8) is 0 Å². The molecule has 0 heterocycles. The van der Waals surface area contributed by atoms with Crippen molar-refractivity contribution < 1.29 is 9.13 Å². The van der Waals surface area contributed by atoms with Crippen molar-refractivity contribution >= 4 is 23.0 Å². The van der Waals surface area contributed by atoms with Gasteiger partial charge in [-0.05, 0) is 61.0 Å². The maximum atomic E-state index is 13.8. The van der Waals surface area contributed by atoms with Crippen LogP contribution >= 0.6 is 12.2 Å². The molecule has 128 valence electrons. The first-order valence-electron chi connectivity index (χ1n) is 8.04. The van der Waals surface area contributed by atoms with Gasteiger partial charge in [-0.1, -0.05) is 25.1 Å². The molecule has 0 amide bonds. The molecule has 2 aromatic rings. The summed E-state index contributed by atoms with van der Waals surface area (Å²) in [6.45, 7) is 5.41. The largest absolute Gasteiger partial charge is 0.494 e. The van der Waals surface area contributed by atoms with Crippen LogP contribution in [0, 0.1) is 5.82 Å². The molecule has 0 unspecified atom stereocenters. The Hall–Kier alpha value is -2.14. The van der Waals surface area contributed by atoms with Crippen LogP contribution in [0.15, 0.2) is 42.5 Å². The molecule has 0 spiro atoms. The molecule has 24 heavy (non-hydrogen) atoms. The second-order valence-corrected chi connectivity index (χ2v) is 5.85. The summed E-state index contributed by atoms with van der Waals surface area (Å²) in [5.74, 6) is -0.112. The fourth-order valence-electron chi connectivity index (χ4n) is 2.43. The summed E-state index contributed by atoms with van der Waals surface area (Å²) in [5, 5.41) is 3.89. The van der Waals surface area contributed by atoms with E-state index in [1.165, 1.54) is 18.7 Å².